The van der Waals surface area contributed by atoms with Crippen molar-refractivity contribution < 1.29 is 0 Å². The van der Waals surface area contributed by atoms with Gasteiger partial charge in [0.15, 0.2) is 8.07 Å². The lowest BCUT2D eigenvalue weighted by molar-refractivity contribution is 0.769. The lowest BCUT2D eigenvalue weighted by Crippen LogP contribution is -2.72. The van der Waals surface area contributed by atoms with Crippen molar-refractivity contribution in [2.45, 2.75) is 5.41 Å². The van der Waals surface area contributed by atoms with Crippen LogP contribution in [0.25, 0.3) is 60.9 Å². The molecule has 0 amide bonds. The molecular weight excluding hydrogens is 933 g/mol. The molecule has 76 heavy (non-hydrogen) atoms. The third-order valence-electron chi connectivity index (χ3n) is 16.5. The van der Waals surface area contributed by atoms with Gasteiger partial charge in [-0.25, -0.2) is 0 Å². The minimum absolute atomic E-state index is 0.477. The van der Waals surface area contributed by atoms with Crippen molar-refractivity contribution in [1.29, 1.82) is 0 Å². The summed E-state index contributed by atoms with van der Waals surface area (Å²) >= 11 is 0. The molecule has 2 nitrogen and oxygen atoms in total. The molecule has 1 aromatic heterocycles. The second kappa shape index (κ2) is 17.6. The Morgan fingerprint density at radius 3 is 1.51 bits per heavy atom. The van der Waals surface area contributed by atoms with Crippen molar-refractivity contribution in [3.63, 3.8) is 0 Å². The van der Waals surface area contributed by atoms with Gasteiger partial charge in [0.2, 0.25) is 0 Å². The van der Waals surface area contributed by atoms with Crippen LogP contribution in [0.15, 0.2) is 303 Å². The standard InChI is InChI=1S/C73H50N2Si/c1-5-22-53(23-6-1)73(54-24-7-2-8-25-54)67-36-17-13-32-61(67)62-46-42-52(48-68(62)73)51-40-43-56(44-41-51)74(58-45-47-70-66(50-58)63-33-14-18-37-69(63)75(70)55-26-9-3-10-27-55)57-28-21-31-60(49-57)76(59-29-11-4-12-30-59)71-38-19-15-34-64(71)65-35-16-20-39-72(65)76/h1-50H. The molecule has 2 heterocycles. The van der Waals surface area contributed by atoms with Gasteiger partial charge in [-0.05, 0) is 143 Å². The normalized spacial score (nSPS) is 13.5. The van der Waals surface area contributed by atoms with Gasteiger partial charge in [0.05, 0.1) is 16.4 Å². The van der Waals surface area contributed by atoms with E-state index in [9.17, 15) is 0 Å². The third kappa shape index (κ3) is 6.46. The van der Waals surface area contributed by atoms with Crippen LogP contribution in [0.5, 0.6) is 0 Å². The number of aromatic nitrogens is 1. The zero-order valence-electron chi connectivity index (χ0n) is 41.8. The van der Waals surface area contributed by atoms with E-state index in [0.29, 0.717) is 0 Å². The van der Waals surface area contributed by atoms with Gasteiger partial charge in [0.25, 0.3) is 0 Å². The number of fused-ring (bicyclic) bond motifs is 9. The minimum atomic E-state index is -2.80. The van der Waals surface area contributed by atoms with E-state index < -0.39 is 13.5 Å². The third-order valence-corrected chi connectivity index (χ3v) is 21.4. The summed E-state index contributed by atoms with van der Waals surface area (Å²) in [7, 11) is -2.80. The Morgan fingerprint density at radius 1 is 0.303 bits per heavy atom. The molecule has 1 aliphatic carbocycles. The van der Waals surface area contributed by atoms with Gasteiger partial charge in [0.1, 0.15) is 0 Å². The zero-order chi connectivity index (χ0) is 50.2. The van der Waals surface area contributed by atoms with E-state index >= 15 is 0 Å². The van der Waals surface area contributed by atoms with Crippen LogP contribution >= 0.6 is 0 Å². The number of benzene rings is 12. The van der Waals surface area contributed by atoms with Crippen LogP contribution in [0, 0.1) is 0 Å². The monoisotopic (exact) mass is 982 g/mol. The lowest BCUT2D eigenvalue weighted by Gasteiger charge is -2.34. The van der Waals surface area contributed by atoms with Crippen LogP contribution in [0.3, 0.4) is 0 Å². The molecule has 0 N–H and O–H groups in total. The first kappa shape index (κ1) is 44.0. The Labute approximate surface area is 444 Å². The van der Waals surface area contributed by atoms with Crippen LogP contribution in [-0.2, 0) is 5.41 Å². The Hall–Kier alpha value is -9.54. The smallest absolute Gasteiger partial charge is 0.180 e. The van der Waals surface area contributed by atoms with Gasteiger partial charge < -0.3 is 9.47 Å². The SMILES string of the molecule is c1ccc(-n2c3ccccc3c3cc(N(c4ccc(-c5ccc6c(c5)C(c5ccccc5)(c5ccccc5)c5ccccc5-6)cc4)c4cccc([Si]5(c6ccccc6)c6ccccc6-c6ccccc65)c4)ccc32)cc1. The van der Waals surface area contributed by atoms with Gasteiger partial charge in [-0.15, -0.1) is 0 Å². The maximum atomic E-state index is 2.51. The van der Waals surface area contributed by atoms with E-state index in [2.05, 4.69) is 313 Å². The second-order valence-corrected chi connectivity index (χ2v) is 24.0. The fraction of sp³-hybridized carbons (Fsp3) is 0.0137. The van der Waals surface area contributed by atoms with Crippen molar-refractivity contribution in [3.05, 3.63) is 326 Å². The highest BCUT2D eigenvalue weighted by Crippen LogP contribution is 2.57. The molecular formula is C73H50N2Si. The predicted octanol–water partition coefficient (Wildman–Crippen LogP) is 15.6. The highest BCUT2D eigenvalue weighted by molar-refractivity contribution is 7.22. The molecule has 1 aliphatic heterocycles. The Kier molecular flexibility index (Phi) is 10.2. The minimum Gasteiger partial charge on any atom is -0.310 e. The van der Waals surface area contributed by atoms with E-state index in [1.54, 1.807) is 0 Å². The van der Waals surface area contributed by atoms with Crippen LogP contribution < -0.4 is 25.6 Å². The summed E-state index contributed by atoms with van der Waals surface area (Å²) in [6, 6.07) is 113. The average Bonchev–Trinajstić information content (AvgIpc) is 4.30. The number of rotatable bonds is 9. The van der Waals surface area contributed by atoms with Crippen molar-refractivity contribution in [3.8, 4) is 39.1 Å². The van der Waals surface area contributed by atoms with E-state index in [4.69, 9.17) is 0 Å². The first-order valence-electron chi connectivity index (χ1n) is 26.4. The van der Waals surface area contributed by atoms with Gasteiger partial charge in [-0.3, -0.25) is 0 Å². The number of hydrogen-bond acceptors (Lipinski definition) is 1. The van der Waals surface area contributed by atoms with Crippen LogP contribution in [-0.4, -0.2) is 12.6 Å². The lowest BCUT2D eigenvalue weighted by atomic mass is 9.67. The van der Waals surface area contributed by atoms with E-state index in [1.165, 1.54) is 98.2 Å². The number of hydrogen-bond donors (Lipinski definition) is 0. The van der Waals surface area contributed by atoms with Gasteiger partial charge in [-0.2, -0.15) is 0 Å². The molecule has 2 aliphatic rings. The summed E-state index contributed by atoms with van der Waals surface area (Å²) in [6.45, 7) is 0. The predicted molar refractivity (Wildman–Crippen MR) is 321 cm³/mol. The number of para-hydroxylation sites is 2. The quantitative estimate of drug-likeness (QED) is 0.131. The summed E-state index contributed by atoms with van der Waals surface area (Å²) in [6.07, 6.45) is 0. The van der Waals surface area contributed by atoms with Crippen molar-refractivity contribution >= 4 is 67.7 Å². The maximum absolute atomic E-state index is 2.80. The van der Waals surface area contributed by atoms with Gasteiger partial charge in [-0.1, -0.05) is 237 Å². The van der Waals surface area contributed by atoms with E-state index in [1.807, 2.05) is 0 Å². The molecule has 0 saturated carbocycles. The molecule has 0 fully saturated rings. The molecule has 15 rings (SSSR count). The second-order valence-electron chi connectivity index (χ2n) is 20.3. The molecule has 0 bridgehead atoms. The highest BCUT2D eigenvalue weighted by Gasteiger charge is 2.49. The fourth-order valence-corrected chi connectivity index (χ4v) is 18.6. The van der Waals surface area contributed by atoms with Gasteiger partial charge in [0, 0.05) is 33.5 Å². The van der Waals surface area contributed by atoms with Crippen molar-refractivity contribution in [1.82, 2.24) is 4.57 Å². The number of nitrogens with zero attached hydrogens (tertiary/aromatic N) is 2. The molecule has 3 heteroatoms. The average molecular weight is 983 g/mol. The highest BCUT2D eigenvalue weighted by atomic mass is 28.3. The van der Waals surface area contributed by atoms with Crippen LogP contribution in [0.1, 0.15) is 22.3 Å². The molecule has 356 valence electrons. The number of anilines is 3. The zero-order valence-corrected chi connectivity index (χ0v) is 42.8. The first-order chi connectivity index (χ1) is 37.7. The first-order valence-corrected chi connectivity index (χ1v) is 28.4. The van der Waals surface area contributed by atoms with E-state index in [-0.39, 0.29) is 0 Å². The Bertz CT molecular complexity index is 4250. The Morgan fingerprint density at radius 2 is 0.816 bits per heavy atom. The summed E-state index contributed by atoms with van der Waals surface area (Å²) in [4.78, 5) is 2.48. The summed E-state index contributed by atoms with van der Waals surface area (Å²) in [5.74, 6) is 0. The molecule has 0 unspecified atom stereocenters. The Balaban J connectivity index is 0.924. The van der Waals surface area contributed by atoms with Crippen molar-refractivity contribution in [2.75, 3.05) is 4.90 Å². The van der Waals surface area contributed by atoms with Crippen LogP contribution in [0.4, 0.5) is 17.1 Å². The molecule has 0 atom stereocenters. The van der Waals surface area contributed by atoms with Gasteiger partial charge >= 0.3 is 0 Å². The summed E-state index contributed by atoms with van der Waals surface area (Å²) < 4.78 is 2.40. The molecule has 0 spiro atoms. The molecule has 12 aromatic carbocycles. The van der Waals surface area contributed by atoms with Crippen LogP contribution in [0.2, 0.25) is 0 Å². The van der Waals surface area contributed by atoms with Crippen molar-refractivity contribution in [2.24, 2.45) is 0 Å². The topological polar surface area (TPSA) is 8.17 Å². The molecule has 0 saturated heterocycles. The fourth-order valence-electron chi connectivity index (χ4n) is 13.4. The summed E-state index contributed by atoms with van der Waals surface area (Å²) in [5.41, 5.74) is 19.1. The molecule has 13 aromatic rings. The summed E-state index contributed by atoms with van der Waals surface area (Å²) in [5, 5.41) is 8.05. The largest absolute Gasteiger partial charge is 0.310 e. The van der Waals surface area contributed by atoms with E-state index in [0.717, 1.165) is 22.7 Å². The maximum Gasteiger partial charge on any atom is 0.180 e. The molecule has 0 radical (unpaired) electrons.